The van der Waals surface area contributed by atoms with Crippen molar-refractivity contribution >= 4 is 0 Å². The fourth-order valence-electron chi connectivity index (χ4n) is 2.16. The molecule has 0 aliphatic carbocycles. The van der Waals surface area contributed by atoms with Crippen LogP contribution >= 0.6 is 0 Å². The maximum atomic E-state index is 13.8. The van der Waals surface area contributed by atoms with E-state index in [4.69, 9.17) is 0 Å². The quantitative estimate of drug-likeness (QED) is 0.777. The first-order valence-electron chi connectivity index (χ1n) is 6.79. The number of hydrogen-bond acceptors (Lipinski definition) is 3. The summed E-state index contributed by atoms with van der Waals surface area (Å²) < 4.78 is 13.8. The van der Waals surface area contributed by atoms with Gasteiger partial charge in [0.1, 0.15) is 5.82 Å². The summed E-state index contributed by atoms with van der Waals surface area (Å²) >= 11 is 0. The van der Waals surface area contributed by atoms with Gasteiger partial charge in [0.05, 0.1) is 0 Å². The van der Waals surface area contributed by atoms with Crippen molar-refractivity contribution in [2.24, 2.45) is 0 Å². The van der Waals surface area contributed by atoms with E-state index in [0.717, 1.165) is 31.6 Å². The Balaban J connectivity index is 2.50. The minimum Gasteiger partial charge on any atom is -0.312 e. The topological polar surface area (TPSA) is 18.5 Å². The Labute approximate surface area is 116 Å². The minimum absolute atomic E-state index is 0.0329. The summed E-state index contributed by atoms with van der Waals surface area (Å²) in [7, 11) is 8.12. The lowest BCUT2D eigenvalue weighted by Gasteiger charge is -2.25. The molecule has 3 nitrogen and oxygen atoms in total. The summed E-state index contributed by atoms with van der Waals surface area (Å²) in [4.78, 5) is 4.43. The molecule has 0 heterocycles. The predicted octanol–water partition coefficient (Wildman–Crippen LogP) is 1.97. The first-order chi connectivity index (χ1) is 9.04. The third-order valence-corrected chi connectivity index (χ3v) is 3.27. The lowest BCUT2D eigenvalue weighted by Crippen LogP contribution is -2.33. The highest BCUT2D eigenvalue weighted by Gasteiger charge is 2.15. The molecular formula is C15H26FN3. The Hall–Kier alpha value is -0.970. The molecule has 1 unspecified atom stereocenters. The van der Waals surface area contributed by atoms with Crippen LogP contribution in [0.3, 0.4) is 0 Å². The molecule has 0 radical (unpaired) electrons. The Bertz CT molecular complexity index is 368. The van der Waals surface area contributed by atoms with Crippen LogP contribution in [0.2, 0.25) is 0 Å². The Morgan fingerprint density at radius 3 is 2.42 bits per heavy atom. The van der Waals surface area contributed by atoms with Crippen molar-refractivity contribution in [2.75, 3.05) is 47.8 Å². The average molecular weight is 267 g/mol. The van der Waals surface area contributed by atoms with E-state index in [2.05, 4.69) is 36.3 Å². The van der Waals surface area contributed by atoms with E-state index in [1.807, 2.05) is 19.2 Å². The standard InChI is InChI=1S/C15H26FN3/c1-17-15(13-8-5-6-9-14(13)16)12-19(4)11-7-10-18(2)3/h5-6,8-9,15,17H,7,10-12H2,1-4H3. The summed E-state index contributed by atoms with van der Waals surface area (Å²) in [5.41, 5.74) is 0.740. The normalized spacial score (nSPS) is 13.2. The van der Waals surface area contributed by atoms with Gasteiger partial charge in [0, 0.05) is 18.2 Å². The van der Waals surface area contributed by atoms with Crippen molar-refractivity contribution in [3.63, 3.8) is 0 Å². The van der Waals surface area contributed by atoms with Crippen LogP contribution in [0.25, 0.3) is 0 Å². The summed E-state index contributed by atoms with van der Waals surface area (Å²) in [5, 5.41) is 3.20. The third-order valence-electron chi connectivity index (χ3n) is 3.27. The van der Waals surface area contributed by atoms with E-state index in [0.29, 0.717) is 0 Å². The smallest absolute Gasteiger partial charge is 0.128 e. The monoisotopic (exact) mass is 267 g/mol. The first kappa shape index (κ1) is 16.1. The zero-order valence-electron chi connectivity index (χ0n) is 12.5. The maximum Gasteiger partial charge on any atom is 0.128 e. The minimum atomic E-state index is -0.136. The molecule has 0 saturated heterocycles. The molecule has 0 aromatic heterocycles. The molecule has 0 fully saturated rings. The molecule has 0 amide bonds. The van der Waals surface area contributed by atoms with Gasteiger partial charge in [-0.05, 0) is 53.8 Å². The van der Waals surface area contributed by atoms with Gasteiger partial charge in [0.2, 0.25) is 0 Å². The van der Waals surface area contributed by atoms with Crippen LogP contribution in [0.1, 0.15) is 18.0 Å². The number of likely N-dealkylation sites (N-methyl/N-ethyl adjacent to an activating group) is 2. The number of nitrogens with one attached hydrogen (secondary N) is 1. The van der Waals surface area contributed by atoms with E-state index < -0.39 is 0 Å². The molecule has 108 valence electrons. The van der Waals surface area contributed by atoms with Gasteiger partial charge < -0.3 is 15.1 Å². The van der Waals surface area contributed by atoms with Gasteiger partial charge in [-0.15, -0.1) is 0 Å². The van der Waals surface area contributed by atoms with Crippen molar-refractivity contribution < 1.29 is 4.39 Å². The second kappa shape index (κ2) is 8.25. The number of nitrogens with zero attached hydrogens (tertiary/aromatic N) is 2. The van der Waals surface area contributed by atoms with Crippen LogP contribution in [0, 0.1) is 5.82 Å². The van der Waals surface area contributed by atoms with E-state index in [-0.39, 0.29) is 11.9 Å². The maximum absolute atomic E-state index is 13.8. The zero-order valence-corrected chi connectivity index (χ0v) is 12.5. The summed E-state index contributed by atoms with van der Waals surface area (Å²) in [6, 6.07) is 7.02. The average Bonchev–Trinajstić information content (AvgIpc) is 2.36. The summed E-state index contributed by atoms with van der Waals surface area (Å²) in [6.07, 6.45) is 1.12. The molecule has 0 aliphatic rings. The molecule has 1 atom stereocenters. The van der Waals surface area contributed by atoms with Crippen molar-refractivity contribution in [3.05, 3.63) is 35.6 Å². The Kier molecular flexibility index (Phi) is 6.99. The Morgan fingerprint density at radius 1 is 1.16 bits per heavy atom. The lowest BCUT2D eigenvalue weighted by molar-refractivity contribution is 0.273. The molecule has 1 N–H and O–H groups in total. The molecule has 19 heavy (non-hydrogen) atoms. The van der Waals surface area contributed by atoms with Crippen LogP contribution < -0.4 is 5.32 Å². The number of hydrogen-bond donors (Lipinski definition) is 1. The number of benzene rings is 1. The van der Waals surface area contributed by atoms with Crippen molar-refractivity contribution in [2.45, 2.75) is 12.5 Å². The Morgan fingerprint density at radius 2 is 1.84 bits per heavy atom. The van der Waals surface area contributed by atoms with Gasteiger partial charge >= 0.3 is 0 Å². The lowest BCUT2D eigenvalue weighted by atomic mass is 10.1. The highest BCUT2D eigenvalue weighted by molar-refractivity contribution is 5.21. The SMILES string of the molecule is CNC(CN(C)CCCN(C)C)c1ccccc1F. The molecule has 1 aromatic carbocycles. The fourth-order valence-corrected chi connectivity index (χ4v) is 2.16. The van der Waals surface area contributed by atoms with E-state index in [1.165, 1.54) is 6.07 Å². The van der Waals surface area contributed by atoms with Gasteiger partial charge in [-0.1, -0.05) is 18.2 Å². The van der Waals surface area contributed by atoms with Gasteiger partial charge in [0.15, 0.2) is 0 Å². The van der Waals surface area contributed by atoms with Gasteiger partial charge in [-0.3, -0.25) is 0 Å². The second-order valence-electron chi connectivity index (χ2n) is 5.28. The van der Waals surface area contributed by atoms with Crippen LogP contribution in [0.15, 0.2) is 24.3 Å². The highest BCUT2D eigenvalue weighted by atomic mass is 19.1. The largest absolute Gasteiger partial charge is 0.312 e. The second-order valence-corrected chi connectivity index (χ2v) is 5.28. The molecular weight excluding hydrogens is 241 g/mol. The van der Waals surface area contributed by atoms with Crippen molar-refractivity contribution in [1.29, 1.82) is 0 Å². The van der Waals surface area contributed by atoms with Crippen molar-refractivity contribution in [3.8, 4) is 0 Å². The molecule has 0 spiro atoms. The molecule has 1 aromatic rings. The van der Waals surface area contributed by atoms with Crippen LogP contribution in [-0.2, 0) is 0 Å². The third kappa shape index (κ3) is 5.68. The number of rotatable bonds is 8. The van der Waals surface area contributed by atoms with Crippen LogP contribution in [-0.4, -0.2) is 57.6 Å². The van der Waals surface area contributed by atoms with E-state index in [9.17, 15) is 4.39 Å². The molecule has 0 saturated carbocycles. The highest BCUT2D eigenvalue weighted by Crippen LogP contribution is 2.17. The van der Waals surface area contributed by atoms with Crippen molar-refractivity contribution in [1.82, 2.24) is 15.1 Å². The summed E-state index contributed by atoms with van der Waals surface area (Å²) in [6.45, 7) is 2.91. The fraction of sp³-hybridized carbons (Fsp3) is 0.600. The summed E-state index contributed by atoms with van der Waals surface area (Å²) in [5.74, 6) is -0.136. The van der Waals surface area contributed by atoms with Gasteiger partial charge in [-0.2, -0.15) is 0 Å². The molecule has 4 heteroatoms. The van der Waals surface area contributed by atoms with Gasteiger partial charge in [0.25, 0.3) is 0 Å². The first-order valence-corrected chi connectivity index (χ1v) is 6.79. The van der Waals surface area contributed by atoms with E-state index >= 15 is 0 Å². The molecule has 0 bridgehead atoms. The van der Waals surface area contributed by atoms with Gasteiger partial charge in [-0.25, -0.2) is 4.39 Å². The molecule has 0 aliphatic heterocycles. The van der Waals surface area contributed by atoms with Crippen LogP contribution in [0.4, 0.5) is 4.39 Å². The van der Waals surface area contributed by atoms with E-state index in [1.54, 1.807) is 6.07 Å². The zero-order chi connectivity index (χ0) is 14.3. The predicted molar refractivity (Wildman–Crippen MR) is 78.9 cm³/mol. The number of halogens is 1. The molecule has 1 rings (SSSR count). The van der Waals surface area contributed by atoms with Crippen LogP contribution in [0.5, 0.6) is 0 Å².